The Morgan fingerprint density at radius 1 is 1.11 bits per heavy atom. The van der Waals surface area contributed by atoms with Crippen LogP contribution in [-0.4, -0.2) is 43.9 Å². The highest BCUT2D eigenvalue weighted by Gasteiger charge is 2.24. The molecule has 1 unspecified atom stereocenters. The Balaban J connectivity index is 1.32. The predicted octanol–water partition coefficient (Wildman–Crippen LogP) is 5.13. The zero-order valence-electron chi connectivity index (χ0n) is 19.9. The van der Waals surface area contributed by atoms with E-state index in [1.54, 1.807) is 18.6 Å². The number of ether oxygens (including phenoxy) is 1. The summed E-state index contributed by atoms with van der Waals surface area (Å²) in [5, 5.41) is 11.3. The number of carbonyl (C=O) groups is 1. The summed E-state index contributed by atoms with van der Waals surface area (Å²) in [7, 11) is 0. The lowest BCUT2D eigenvalue weighted by Gasteiger charge is -2.15. The van der Waals surface area contributed by atoms with Crippen molar-refractivity contribution < 1.29 is 9.53 Å². The number of carbonyl (C=O) groups excluding carboxylic acids is 1. The minimum Gasteiger partial charge on any atom is -0.380 e. The van der Waals surface area contributed by atoms with Crippen molar-refractivity contribution in [2.24, 2.45) is 0 Å². The predicted molar refractivity (Wildman–Crippen MR) is 134 cm³/mol. The third-order valence-corrected chi connectivity index (χ3v) is 6.10. The number of nitrogens with one attached hydrogen (secondary N) is 1. The largest absolute Gasteiger partial charge is 0.380 e. The van der Waals surface area contributed by atoms with Crippen LogP contribution in [0, 0.1) is 0 Å². The monoisotopic (exact) mass is 468 g/mol. The lowest BCUT2D eigenvalue weighted by atomic mass is 10.1. The molecule has 1 fully saturated rings. The highest BCUT2D eigenvalue weighted by molar-refractivity contribution is 6.03. The fraction of sp³-hybridized carbons (Fsp3) is 0.296. The normalized spacial score (nSPS) is 14.0. The molecule has 1 amide bonds. The molecule has 0 radical (unpaired) electrons. The summed E-state index contributed by atoms with van der Waals surface area (Å²) < 4.78 is 7.53. The van der Waals surface area contributed by atoms with Crippen LogP contribution in [0.2, 0.25) is 0 Å². The van der Waals surface area contributed by atoms with Crippen molar-refractivity contribution in [2.75, 3.05) is 18.5 Å². The van der Waals surface area contributed by atoms with Crippen molar-refractivity contribution in [3.8, 4) is 22.5 Å². The summed E-state index contributed by atoms with van der Waals surface area (Å²) >= 11 is 0. The lowest BCUT2D eigenvalue weighted by molar-refractivity contribution is 0.102. The summed E-state index contributed by atoms with van der Waals surface area (Å²) in [5.41, 5.74) is 4.87. The SMILES string of the molecule is CCOCC(C)n1cnnc1-c1cccc(NC(=O)c2cc(-c3ccc(C4CC4)nc3)ccn2)c1. The molecule has 0 bridgehead atoms. The minimum absolute atomic E-state index is 0.0815. The Kier molecular flexibility index (Phi) is 6.63. The van der Waals surface area contributed by atoms with E-state index in [1.165, 1.54) is 12.8 Å². The third-order valence-electron chi connectivity index (χ3n) is 6.10. The maximum Gasteiger partial charge on any atom is 0.274 e. The van der Waals surface area contributed by atoms with Gasteiger partial charge in [0.25, 0.3) is 5.91 Å². The molecule has 4 aromatic rings. The highest BCUT2D eigenvalue weighted by atomic mass is 16.5. The minimum atomic E-state index is -0.280. The molecule has 178 valence electrons. The molecule has 1 atom stereocenters. The van der Waals surface area contributed by atoms with Gasteiger partial charge < -0.3 is 14.6 Å². The van der Waals surface area contributed by atoms with Gasteiger partial charge in [0.05, 0.1) is 12.6 Å². The number of anilines is 1. The van der Waals surface area contributed by atoms with Crippen LogP contribution < -0.4 is 5.32 Å². The molecule has 8 heteroatoms. The van der Waals surface area contributed by atoms with E-state index < -0.39 is 0 Å². The zero-order chi connectivity index (χ0) is 24.2. The Labute approximate surface area is 204 Å². The third kappa shape index (κ3) is 5.27. The Morgan fingerprint density at radius 2 is 2.00 bits per heavy atom. The molecule has 3 heterocycles. The molecule has 0 spiro atoms. The van der Waals surface area contributed by atoms with Crippen LogP contribution in [-0.2, 0) is 4.74 Å². The van der Waals surface area contributed by atoms with Crippen molar-refractivity contribution in [3.63, 3.8) is 0 Å². The summed E-state index contributed by atoms with van der Waals surface area (Å²) in [5.74, 6) is 1.05. The number of nitrogens with zero attached hydrogens (tertiary/aromatic N) is 5. The van der Waals surface area contributed by atoms with Gasteiger partial charge in [-0.1, -0.05) is 18.2 Å². The van der Waals surface area contributed by atoms with Gasteiger partial charge in [-0.2, -0.15) is 0 Å². The Bertz CT molecular complexity index is 1310. The molecular weight excluding hydrogens is 440 g/mol. The lowest BCUT2D eigenvalue weighted by Crippen LogP contribution is -2.14. The number of pyridine rings is 2. The van der Waals surface area contributed by atoms with Crippen molar-refractivity contribution in [2.45, 2.75) is 38.6 Å². The number of hydrogen-bond donors (Lipinski definition) is 1. The second-order valence-corrected chi connectivity index (χ2v) is 8.78. The molecule has 3 aromatic heterocycles. The second-order valence-electron chi connectivity index (χ2n) is 8.78. The first-order valence-electron chi connectivity index (χ1n) is 11.9. The second kappa shape index (κ2) is 10.1. The van der Waals surface area contributed by atoms with E-state index in [9.17, 15) is 4.79 Å². The van der Waals surface area contributed by atoms with Gasteiger partial charge in [-0.15, -0.1) is 10.2 Å². The average molecular weight is 469 g/mol. The molecule has 5 rings (SSSR count). The van der Waals surface area contributed by atoms with Gasteiger partial charge in [-0.3, -0.25) is 14.8 Å². The molecule has 35 heavy (non-hydrogen) atoms. The van der Waals surface area contributed by atoms with Gasteiger partial charge in [0.15, 0.2) is 5.82 Å². The van der Waals surface area contributed by atoms with Gasteiger partial charge in [-0.05, 0) is 62.6 Å². The molecule has 8 nitrogen and oxygen atoms in total. The average Bonchev–Trinajstić information content (AvgIpc) is 3.63. The summed E-state index contributed by atoms with van der Waals surface area (Å²) in [4.78, 5) is 21.9. The fourth-order valence-electron chi connectivity index (χ4n) is 4.00. The molecule has 1 N–H and O–H groups in total. The van der Waals surface area contributed by atoms with E-state index in [4.69, 9.17) is 4.74 Å². The summed E-state index contributed by atoms with van der Waals surface area (Å²) in [6.07, 6.45) is 7.66. The zero-order valence-corrected chi connectivity index (χ0v) is 19.9. The van der Waals surface area contributed by atoms with Crippen LogP contribution in [0.1, 0.15) is 54.8 Å². The summed E-state index contributed by atoms with van der Waals surface area (Å²) in [6.45, 7) is 5.25. The van der Waals surface area contributed by atoms with E-state index in [0.717, 1.165) is 28.2 Å². The topological polar surface area (TPSA) is 94.8 Å². The number of hydrogen-bond acceptors (Lipinski definition) is 6. The van der Waals surface area contributed by atoms with Crippen LogP contribution >= 0.6 is 0 Å². The van der Waals surface area contributed by atoms with Gasteiger partial charge in [0.1, 0.15) is 12.0 Å². The van der Waals surface area contributed by atoms with Crippen molar-refractivity contribution >= 4 is 11.6 Å². The molecule has 0 aliphatic heterocycles. The fourth-order valence-corrected chi connectivity index (χ4v) is 4.00. The molecule has 1 aliphatic rings. The van der Waals surface area contributed by atoms with E-state index in [-0.39, 0.29) is 11.9 Å². The van der Waals surface area contributed by atoms with E-state index in [0.29, 0.717) is 30.5 Å². The molecule has 0 saturated heterocycles. The first kappa shape index (κ1) is 22.9. The number of benzene rings is 1. The first-order valence-corrected chi connectivity index (χ1v) is 11.9. The quantitative estimate of drug-likeness (QED) is 0.366. The van der Waals surface area contributed by atoms with E-state index in [1.807, 2.05) is 48.0 Å². The standard InChI is InChI=1S/C27H28N6O2/c1-3-35-16-18(2)33-17-30-32-26(33)21-5-4-6-23(13-21)31-27(34)25-14-20(11-12-28-25)22-9-10-24(29-15-22)19-7-8-19/h4-6,9-15,17-19H,3,7-8,16H2,1-2H3,(H,31,34). The number of rotatable bonds is 9. The van der Waals surface area contributed by atoms with Crippen LogP contribution in [0.5, 0.6) is 0 Å². The van der Waals surface area contributed by atoms with Gasteiger partial charge in [0.2, 0.25) is 0 Å². The number of amides is 1. The Hall–Kier alpha value is -3.91. The van der Waals surface area contributed by atoms with Crippen LogP contribution in [0.15, 0.2) is 67.3 Å². The number of aromatic nitrogens is 5. The molecule has 1 saturated carbocycles. The van der Waals surface area contributed by atoms with Crippen molar-refractivity contribution in [3.05, 3.63) is 78.6 Å². The Morgan fingerprint density at radius 3 is 2.77 bits per heavy atom. The smallest absolute Gasteiger partial charge is 0.274 e. The highest BCUT2D eigenvalue weighted by Crippen LogP contribution is 2.39. The molecular formula is C27H28N6O2. The maximum atomic E-state index is 13.0. The molecule has 1 aliphatic carbocycles. The van der Waals surface area contributed by atoms with E-state index >= 15 is 0 Å². The summed E-state index contributed by atoms with van der Waals surface area (Å²) in [6, 6.07) is 15.5. The van der Waals surface area contributed by atoms with Crippen LogP contribution in [0.25, 0.3) is 22.5 Å². The van der Waals surface area contributed by atoms with E-state index in [2.05, 4.69) is 44.5 Å². The van der Waals surface area contributed by atoms with Crippen molar-refractivity contribution in [1.82, 2.24) is 24.7 Å². The molecule has 1 aromatic carbocycles. The van der Waals surface area contributed by atoms with Gasteiger partial charge in [0, 0.05) is 47.4 Å². The van der Waals surface area contributed by atoms with Gasteiger partial charge in [-0.25, -0.2) is 0 Å². The first-order chi connectivity index (χ1) is 17.1. The van der Waals surface area contributed by atoms with Crippen LogP contribution in [0.3, 0.4) is 0 Å². The van der Waals surface area contributed by atoms with Gasteiger partial charge >= 0.3 is 0 Å². The van der Waals surface area contributed by atoms with Crippen LogP contribution in [0.4, 0.5) is 5.69 Å². The van der Waals surface area contributed by atoms with Crippen molar-refractivity contribution in [1.29, 1.82) is 0 Å². The maximum absolute atomic E-state index is 13.0.